The van der Waals surface area contributed by atoms with Crippen LogP contribution in [0.3, 0.4) is 0 Å². The first-order valence-corrected chi connectivity index (χ1v) is 12.2. The first-order valence-electron chi connectivity index (χ1n) is 11.9. The lowest BCUT2D eigenvalue weighted by Gasteiger charge is -2.27. The van der Waals surface area contributed by atoms with Gasteiger partial charge >= 0.3 is 12.2 Å². The number of aromatic nitrogens is 3. The Balaban J connectivity index is 1.46. The van der Waals surface area contributed by atoms with Crippen molar-refractivity contribution in [1.82, 2.24) is 20.3 Å². The second kappa shape index (κ2) is 9.24. The molecule has 2 atom stereocenters. The van der Waals surface area contributed by atoms with Gasteiger partial charge in [-0.05, 0) is 48.5 Å². The minimum absolute atomic E-state index is 0.0225. The molecular formula is C26H16ClF5N6O3. The van der Waals surface area contributed by atoms with Gasteiger partial charge in [-0.1, -0.05) is 16.8 Å². The Kier molecular flexibility index (Phi) is 6.01. The Bertz CT molecular complexity index is 1730. The van der Waals surface area contributed by atoms with Crippen molar-refractivity contribution in [3.05, 3.63) is 99.8 Å². The van der Waals surface area contributed by atoms with Crippen molar-refractivity contribution >= 4 is 34.9 Å². The van der Waals surface area contributed by atoms with Gasteiger partial charge < -0.3 is 15.7 Å². The zero-order valence-corrected chi connectivity index (χ0v) is 21.1. The number of fused-ring (bicyclic) bond motifs is 2. The number of urea groups is 1. The van der Waals surface area contributed by atoms with E-state index in [9.17, 15) is 36.6 Å². The number of benzene rings is 3. The normalized spacial score (nSPS) is 19.6. The number of halogens is 6. The summed E-state index contributed by atoms with van der Waals surface area (Å²) in [6.45, 7) is -1.25. The highest BCUT2D eigenvalue weighted by Gasteiger charge is 2.61. The van der Waals surface area contributed by atoms with Gasteiger partial charge in [-0.3, -0.25) is 9.69 Å². The van der Waals surface area contributed by atoms with E-state index in [1.165, 1.54) is 35.3 Å². The summed E-state index contributed by atoms with van der Waals surface area (Å²) >= 11 is 6.33. The lowest BCUT2D eigenvalue weighted by Crippen LogP contribution is -2.48. The molecule has 9 nitrogen and oxygen atoms in total. The predicted molar refractivity (Wildman–Crippen MR) is 135 cm³/mol. The number of amides is 3. The Morgan fingerprint density at radius 2 is 1.80 bits per heavy atom. The number of aliphatic hydroxyl groups is 1. The fraction of sp³-hybridized carbons (Fsp3) is 0.154. The fourth-order valence-electron chi connectivity index (χ4n) is 5.11. The highest BCUT2D eigenvalue weighted by atomic mass is 35.5. The maximum absolute atomic E-state index is 14.2. The zero-order valence-electron chi connectivity index (χ0n) is 20.4. The van der Waals surface area contributed by atoms with Crippen LogP contribution in [0.5, 0.6) is 0 Å². The second-order valence-corrected chi connectivity index (χ2v) is 9.78. The molecule has 2 aliphatic rings. The highest BCUT2D eigenvalue weighted by Crippen LogP contribution is 2.49. The summed E-state index contributed by atoms with van der Waals surface area (Å²) < 4.78 is 71.1. The average molecular weight is 591 g/mol. The first kappa shape index (κ1) is 26.7. The molecule has 1 aromatic heterocycles. The summed E-state index contributed by atoms with van der Waals surface area (Å²) in [5.74, 6) is -2.31. The van der Waals surface area contributed by atoms with Crippen LogP contribution in [0.25, 0.3) is 5.69 Å². The van der Waals surface area contributed by atoms with Crippen molar-refractivity contribution in [1.29, 1.82) is 0 Å². The lowest BCUT2D eigenvalue weighted by atomic mass is 9.95. The van der Waals surface area contributed by atoms with Crippen LogP contribution in [0.4, 0.5) is 38.1 Å². The Morgan fingerprint density at radius 3 is 2.51 bits per heavy atom. The first-order chi connectivity index (χ1) is 19.4. The van der Waals surface area contributed by atoms with Crippen LogP contribution in [0.15, 0.2) is 60.9 Å². The van der Waals surface area contributed by atoms with E-state index in [4.69, 9.17) is 11.6 Å². The molecule has 0 unspecified atom stereocenters. The van der Waals surface area contributed by atoms with Crippen LogP contribution in [0, 0.1) is 11.6 Å². The standard InChI is InChI=1S/C26H16ClF5N6O3/c27-16-3-1-12(28)9-14(16)22-20-17(4-6-19(21(20)23(39)35-22)38-8-7-33-36-38)34-24(40)37-11-25(41,26(30,31)32)15-10-13(29)2-5-18(15)37/h1-10,22,41H,11H2,(H,34,40)(H,35,39)/t22-,25+/m0/s1. The van der Waals surface area contributed by atoms with Crippen molar-refractivity contribution in [3.63, 3.8) is 0 Å². The number of hydrogen-bond acceptors (Lipinski definition) is 5. The smallest absolute Gasteiger partial charge is 0.375 e. The van der Waals surface area contributed by atoms with Gasteiger partial charge in [0, 0.05) is 27.4 Å². The van der Waals surface area contributed by atoms with Gasteiger partial charge in [0.15, 0.2) is 0 Å². The molecule has 0 bridgehead atoms. The van der Waals surface area contributed by atoms with E-state index in [0.29, 0.717) is 11.0 Å². The third-order valence-electron chi connectivity index (χ3n) is 6.99. The lowest BCUT2D eigenvalue weighted by molar-refractivity contribution is -0.258. The quantitative estimate of drug-likeness (QED) is 0.296. The van der Waals surface area contributed by atoms with Gasteiger partial charge in [0.2, 0.25) is 5.60 Å². The molecule has 0 fully saturated rings. The summed E-state index contributed by atoms with van der Waals surface area (Å²) in [5.41, 5.74) is -4.19. The minimum atomic E-state index is -5.24. The van der Waals surface area contributed by atoms with Crippen molar-refractivity contribution in [2.75, 3.05) is 16.8 Å². The van der Waals surface area contributed by atoms with E-state index in [-0.39, 0.29) is 38.8 Å². The van der Waals surface area contributed by atoms with Crippen LogP contribution in [0.2, 0.25) is 5.02 Å². The number of rotatable bonds is 3. The van der Waals surface area contributed by atoms with Gasteiger partial charge in [-0.15, -0.1) is 5.10 Å². The van der Waals surface area contributed by atoms with Crippen molar-refractivity contribution in [3.8, 4) is 5.69 Å². The molecule has 3 aromatic carbocycles. The molecule has 0 radical (unpaired) electrons. The largest absolute Gasteiger partial charge is 0.423 e. The van der Waals surface area contributed by atoms with Gasteiger partial charge in [0.1, 0.15) is 11.6 Å². The van der Waals surface area contributed by atoms with E-state index in [2.05, 4.69) is 20.9 Å². The third kappa shape index (κ3) is 4.17. The summed E-state index contributed by atoms with van der Waals surface area (Å²) in [6.07, 6.45) is -2.41. The van der Waals surface area contributed by atoms with E-state index >= 15 is 0 Å². The van der Waals surface area contributed by atoms with Crippen molar-refractivity contribution < 1.29 is 36.6 Å². The van der Waals surface area contributed by atoms with E-state index < -0.39 is 53.5 Å². The maximum atomic E-state index is 14.2. The number of nitrogens with zero attached hydrogens (tertiary/aromatic N) is 4. The molecule has 6 rings (SSSR count). The molecule has 210 valence electrons. The average Bonchev–Trinajstić information content (AvgIpc) is 3.64. The van der Waals surface area contributed by atoms with E-state index in [1.54, 1.807) is 0 Å². The molecule has 3 heterocycles. The number of alkyl halides is 3. The number of hydrogen-bond donors (Lipinski definition) is 3. The van der Waals surface area contributed by atoms with Gasteiger partial charge in [0.05, 0.1) is 41.9 Å². The van der Waals surface area contributed by atoms with Gasteiger partial charge in [-0.25, -0.2) is 18.3 Å². The second-order valence-electron chi connectivity index (χ2n) is 9.38. The molecule has 0 aliphatic carbocycles. The van der Waals surface area contributed by atoms with Crippen molar-refractivity contribution in [2.45, 2.75) is 17.8 Å². The Hall–Kier alpha value is -4.56. The summed E-state index contributed by atoms with van der Waals surface area (Å²) in [5, 5.41) is 23.4. The van der Waals surface area contributed by atoms with Gasteiger partial charge in [0.25, 0.3) is 5.91 Å². The molecule has 3 N–H and O–H groups in total. The van der Waals surface area contributed by atoms with Crippen LogP contribution < -0.4 is 15.5 Å². The van der Waals surface area contributed by atoms with Crippen LogP contribution in [-0.2, 0) is 5.60 Å². The fourth-order valence-corrected chi connectivity index (χ4v) is 5.33. The highest BCUT2D eigenvalue weighted by molar-refractivity contribution is 6.31. The summed E-state index contributed by atoms with van der Waals surface area (Å²) in [7, 11) is 0. The number of carbonyl (C=O) groups is 2. The molecule has 4 aromatic rings. The molecule has 0 saturated carbocycles. The topological polar surface area (TPSA) is 112 Å². The van der Waals surface area contributed by atoms with Crippen LogP contribution in [-0.4, -0.2) is 44.8 Å². The van der Waals surface area contributed by atoms with Crippen molar-refractivity contribution in [2.24, 2.45) is 0 Å². The molecule has 2 aliphatic heterocycles. The Labute approximate surface area is 232 Å². The monoisotopic (exact) mass is 590 g/mol. The SMILES string of the molecule is O=C1N[C@@H](c2cc(F)ccc2Cl)c2c(NC(=O)N3C[C@](O)(C(F)(F)F)c4cc(F)ccc43)ccc(-n3ccnn3)c21. The van der Waals surface area contributed by atoms with E-state index in [0.717, 1.165) is 24.3 Å². The van der Waals surface area contributed by atoms with E-state index in [1.807, 2.05) is 0 Å². The van der Waals surface area contributed by atoms with Crippen LogP contribution >= 0.6 is 11.6 Å². The molecule has 3 amide bonds. The molecular weight excluding hydrogens is 575 g/mol. The molecule has 41 heavy (non-hydrogen) atoms. The number of β-amino-alcohol motifs (C(OH)–C–C–N with tert-alkyl or cyclic N) is 1. The maximum Gasteiger partial charge on any atom is 0.423 e. The molecule has 15 heteroatoms. The number of nitrogens with one attached hydrogen (secondary N) is 2. The van der Waals surface area contributed by atoms with Gasteiger partial charge in [-0.2, -0.15) is 13.2 Å². The Morgan fingerprint density at radius 1 is 1.10 bits per heavy atom. The number of anilines is 2. The zero-order chi connectivity index (χ0) is 29.3. The number of carbonyl (C=O) groups excluding carboxylic acids is 2. The van der Waals surface area contributed by atoms with Crippen LogP contribution in [0.1, 0.15) is 33.1 Å². The predicted octanol–water partition coefficient (Wildman–Crippen LogP) is 4.83. The summed E-state index contributed by atoms with van der Waals surface area (Å²) in [6, 6.07) is 6.45. The summed E-state index contributed by atoms with van der Waals surface area (Å²) in [4.78, 5) is 27.3. The minimum Gasteiger partial charge on any atom is -0.375 e. The molecule has 0 spiro atoms. The third-order valence-corrected chi connectivity index (χ3v) is 7.33. The molecule has 0 saturated heterocycles.